The summed E-state index contributed by atoms with van der Waals surface area (Å²) in [5.74, 6) is 0. The van der Waals surface area contributed by atoms with Crippen molar-refractivity contribution in [3.05, 3.63) is 40.4 Å². The Morgan fingerprint density at radius 3 is 2.71 bits per heavy atom. The van der Waals surface area contributed by atoms with Gasteiger partial charge in [0.15, 0.2) is 6.29 Å². The van der Waals surface area contributed by atoms with Gasteiger partial charge in [-0.25, -0.2) is 0 Å². The van der Waals surface area contributed by atoms with Crippen LogP contribution in [0.3, 0.4) is 0 Å². The highest BCUT2D eigenvalue weighted by Crippen LogP contribution is 2.30. The highest BCUT2D eigenvalue weighted by molar-refractivity contribution is 9.10. The lowest BCUT2D eigenvalue weighted by molar-refractivity contribution is 0.112. The second-order valence-corrected chi connectivity index (χ2v) is 3.88. The van der Waals surface area contributed by atoms with Gasteiger partial charge in [-0.1, -0.05) is 34.1 Å². The van der Waals surface area contributed by atoms with Crippen LogP contribution in [0.5, 0.6) is 0 Å². The van der Waals surface area contributed by atoms with E-state index in [2.05, 4.69) is 15.9 Å². The van der Waals surface area contributed by atoms with Gasteiger partial charge in [0, 0.05) is 21.1 Å². The number of halogens is 1. The molecule has 14 heavy (non-hydrogen) atoms. The van der Waals surface area contributed by atoms with Gasteiger partial charge in [-0.3, -0.25) is 4.79 Å². The Balaban J connectivity index is 2.99. The number of nitrogens with two attached hydrogens (primary N) is 1. The van der Waals surface area contributed by atoms with Crippen LogP contribution in [0.15, 0.2) is 34.8 Å². The van der Waals surface area contributed by atoms with E-state index < -0.39 is 0 Å². The summed E-state index contributed by atoms with van der Waals surface area (Å²) in [6.45, 7) is 0. The van der Waals surface area contributed by atoms with Crippen molar-refractivity contribution in [2.45, 2.75) is 0 Å². The Hall–Kier alpha value is -1.35. The first kappa shape index (κ1) is 9.21. The Kier molecular flexibility index (Phi) is 2.25. The zero-order chi connectivity index (χ0) is 10.1. The number of rotatable bonds is 1. The SMILES string of the molecule is Nc1ccc(Br)c2cccc(C=O)c12. The molecule has 2 aromatic rings. The van der Waals surface area contributed by atoms with Crippen molar-refractivity contribution in [1.82, 2.24) is 0 Å². The van der Waals surface area contributed by atoms with E-state index in [4.69, 9.17) is 5.73 Å². The number of carbonyl (C=O) groups excluding carboxylic acids is 1. The van der Waals surface area contributed by atoms with Crippen LogP contribution in [0, 0.1) is 0 Å². The Morgan fingerprint density at radius 2 is 2.00 bits per heavy atom. The second kappa shape index (κ2) is 3.42. The first-order valence-corrected chi connectivity index (χ1v) is 4.95. The number of fused-ring (bicyclic) bond motifs is 1. The molecule has 0 spiro atoms. The molecule has 0 aliphatic carbocycles. The van der Waals surface area contributed by atoms with Gasteiger partial charge in [0.2, 0.25) is 0 Å². The van der Waals surface area contributed by atoms with Crippen LogP contribution in [-0.4, -0.2) is 6.29 Å². The summed E-state index contributed by atoms with van der Waals surface area (Å²) in [4.78, 5) is 10.8. The van der Waals surface area contributed by atoms with Crippen molar-refractivity contribution in [3.63, 3.8) is 0 Å². The molecule has 3 heteroatoms. The van der Waals surface area contributed by atoms with Crippen molar-refractivity contribution < 1.29 is 4.79 Å². The van der Waals surface area contributed by atoms with Gasteiger partial charge < -0.3 is 5.73 Å². The lowest BCUT2D eigenvalue weighted by Crippen LogP contribution is -1.91. The maximum atomic E-state index is 10.8. The number of hydrogen-bond acceptors (Lipinski definition) is 2. The molecule has 0 aliphatic heterocycles. The summed E-state index contributed by atoms with van der Waals surface area (Å²) in [5, 5.41) is 1.78. The van der Waals surface area contributed by atoms with Crippen LogP contribution in [0.2, 0.25) is 0 Å². The molecular formula is C11H8BrNO. The van der Waals surface area contributed by atoms with Crippen LogP contribution >= 0.6 is 15.9 Å². The van der Waals surface area contributed by atoms with Crippen LogP contribution in [-0.2, 0) is 0 Å². The maximum absolute atomic E-state index is 10.8. The zero-order valence-corrected chi connectivity index (χ0v) is 8.91. The predicted molar refractivity (Wildman–Crippen MR) is 61.4 cm³/mol. The minimum atomic E-state index is 0.626. The van der Waals surface area contributed by atoms with Crippen LogP contribution in [0.25, 0.3) is 10.8 Å². The average molecular weight is 250 g/mol. The minimum Gasteiger partial charge on any atom is -0.398 e. The molecule has 2 N–H and O–H groups in total. The standard InChI is InChI=1S/C11H8BrNO/c12-9-4-5-10(13)11-7(6-14)2-1-3-8(9)11/h1-6H,13H2. The first-order chi connectivity index (χ1) is 6.74. The van der Waals surface area contributed by atoms with E-state index in [9.17, 15) is 4.79 Å². The summed E-state index contributed by atoms with van der Waals surface area (Å²) < 4.78 is 0.949. The molecule has 2 rings (SSSR count). The van der Waals surface area contributed by atoms with Crippen molar-refractivity contribution in [3.8, 4) is 0 Å². The van der Waals surface area contributed by atoms with Gasteiger partial charge in [0.1, 0.15) is 0 Å². The molecule has 0 fully saturated rings. The molecule has 0 saturated carbocycles. The molecule has 0 amide bonds. The molecule has 0 aliphatic rings. The molecule has 0 radical (unpaired) electrons. The summed E-state index contributed by atoms with van der Waals surface area (Å²) in [6.07, 6.45) is 0.825. The third-order valence-corrected chi connectivity index (χ3v) is 2.87. The normalized spacial score (nSPS) is 10.4. The fourth-order valence-electron chi connectivity index (χ4n) is 1.53. The van der Waals surface area contributed by atoms with E-state index in [1.165, 1.54) is 0 Å². The van der Waals surface area contributed by atoms with Gasteiger partial charge in [0.25, 0.3) is 0 Å². The van der Waals surface area contributed by atoms with Gasteiger partial charge in [-0.2, -0.15) is 0 Å². The second-order valence-electron chi connectivity index (χ2n) is 3.02. The number of carbonyl (C=O) groups is 1. The number of anilines is 1. The van der Waals surface area contributed by atoms with Crippen LogP contribution in [0.1, 0.15) is 10.4 Å². The number of hydrogen-bond donors (Lipinski definition) is 1. The molecule has 70 valence electrons. The van der Waals surface area contributed by atoms with Crippen LogP contribution < -0.4 is 5.73 Å². The minimum absolute atomic E-state index is 0.626. The molecule has 2 aromatic carbocycles. The van der Waals surface area contributed by atoms with Crippen molar-refractivity contribution in [2.24, 2.45) is 0 Å². The molecule has 0 unspecified atom stereocenters. The smallest absolute Gasteiger partial charge is 0.150 e. The quantitative estimate of drug-likeness (QED) is 0.624. The van der Waals surface area contributed by atoms with Gasteiger partial charge in [0.05, 0.1) is 0 Å². The lowest BCUT2D eigenvalue weighted by Gasteiger charge is -2.05. The van der Waals surface area contributed by atoms with Crippen molar-refractivity contribution >= 4 is 38.7 Å². The zero-order valence-electron chi connectivity index (χ0n) is 7.33. The Labute approximate surface area is 89.8 Å². The Morgan fingerprint density at radius 1 is 1.21 bits per heavy atom. The monoisotopic (exact) mass is 249 g/mol. The van der Waals surface area contributed by atoms with E-state index in [-0.39, 0.29) is 0 Å². The van der Waals surface area contributed by atoms with Crippen molar-refractivity contribution in [2.75, 3.05) is 5.73 Å². The van der Waals surface area contributed by atoms with E-state index in [0.29, 0.717) is 11.3 Å². The third-order valence-electron chi connectivity index (χ3n) is 2.18. The average Bonchev–Trinajstić information content (AvgIpc) is 2.23. The molecule has 2 nitrogen and oxygen atoms in total. The summed E-state index contributed by atoms with van der Waals surface area (Å²) in [5.41, 5.74) is 7.08. The molecule has 0 atom stereocenters. The number of aldehydes is 1. The topological polar surface area (TPSA) is 43.1 Å². The van der Waals surface area contributed by atoms with Gasteiger partial charge in [-0.05, 0) is 17.5 Å². The van der Waals surface area contributed by atoms with E-state index in [1.807, 2.05) is 18.2 Å². The number of nitrogen functional groups attached to an aromatic ring is 1. The largest absolute Gasteiger partial charge is 0.398 e. The molecule has 0 saturated heterocycles. The summed E-state index contributed by atoms with van der Waals surface area (Å²) >= 11 is 3.42. The molecule has 0 bridgehead atoms. The lowest BCUT2D eigenvalue weighted by atomic mass is 10.0. The molecule has 0 aromatic heterocycles. The summed E-state index contributed by atoms with van der Waals surface area (Å²) in [7, 11) is 0. The molecule has 0 heterocycles. The first-order valence-electron chi connectivity index (χ1n) is 4.16. The highest BCUT2D eigenvalue weighted by Gasteiger charge is 2.05. The fraction of sp³-hybridized carbons (Fsp3) is 0. The fourth-order valence-corrected chi connectivity index (χ4v) is 1.99. The highest BCUT2D eigenvalue weighted by atomic mass is 79.9. The maximum Gasteiger partial charge on any atom is 0.150 e. The number of benzene rings is 2. The van der Waals surface area contributed by atoms with Crippen molar-refractivity contribution in [1.29, 1.82) is 0 Å². The van der Waals surface area contributed by atoms with E-state index >= 15 is 0 Å². The van der Waals surface area contributed by atoms with Gasteiger partial charge in [-0.15, -0.1) is 0 Å². The van der Waals surface area contributed by atoms with E-state index in [0.717, 1.165) is 21.5 Å². The van der Waals surface area contributed by atoms with Crippen LogP contribution in [0.4, 0.5) is 5.69 Å². The Bertz CT molecular complexity index is 508. The summed E-state index contributed by atoms with van der Waals surface area (Å²) in [6, 6.07) is 9.21. The third kappa shape index (κ3) is 1.30. The van der Waals surface area contributed by atoms with Gasteiger partial charge >= 0.3 is 0 Å². The predicted octanol–water partition coefficient (Wildman–Crippen LogP) is 3.00. The van der Waals surface area contributed by atoms with E-state index in [1.54, 1.807) is 12.1 Å². The molecular weight excluding hydrogens is 242 g/mol.